The summed E-state index contributed by atoms with van der Waals surface area (Å²) in [6, 6.07) is 0.174. The van der Waals surface area contributed by atoms with Crippen LogP contribution in [0.1, 0.15) is 55.0 Å². The Kier molecular flexibility index (Phi) is 4.38. The van der Waals surface area contributed by atoms with Crippen LogP contribution < -0.4 is 5.32 Å². The molecule has 0 aromatic carbocycles. The molecule has 17 heavy (non-hydrogen) atoms. The van der Waals surface area contributed by atoms with Gasteiger partial charge in [0.05, 0.1) is 0 Å². The fourth-order valence-corrected chi connectivity index (χ4v) is 2.49. The van der Waals surface area contributed by atoms with Crippen molar-refractivity contribution >= 4 is 5.91 Å². The standard InChI is InChI=1S/C14H24N2O/c1-7-12-10(5)13(14(17)15-9(3)4)16(8-2)11(12)6/h9H,7-8H2,1-6H3,(H,15,17). The van der Waals surface area contributed by atoms with E-state index >= 15 is 0 Å². The topological polar surface area (TPSA) is 34.0 Å². The van der Waals surface area contributed by atoms with E-state index in [9.17, 15) is 4.79 Å². The van der Waals surface area contributed by atoms with E-state index in [2.05, 4.69) is 30.7 Å². The molecule has 0 radical (unpaired) electrons. The first-order chi connectivity index (χ1) is 7.93. The molecule has 1 rings (SSSR count). The van der Waals surface area contributed by atoms with Gasteiger partial charge in [0.25, 0.3) is 5.91 Å². The molecule has 1 amide bonds. The van der Waals surface area contributed by atoms with Gasteiger partial charge in [-0.1, -0.05) is 6.92 Å². The van der Waals surface area contributed by atoms with Crippen LogP contribution in [-0.4, -0.2) is 16.5 Å². The molecule has 0 unspecified atom stereocenters. The lowest BCUT2D eigenvalue weighted by atomic mass is 10.1. The zero-order valence-electron chi connectivity index (χ0n) is 11.8. The monoisotopic (exact) mass is 236 g/mol. The summed E-state index contributed by atoms with van der Waals surface area (Å²) in [4.78, 5) is 12.2. The van der Waals surface area contributed by atoms with Crippen LogP contribution in [0.4, 0.5) is 0 Å². The van der Waals surface area contributed by atoms with Crippen molar-refractivity contribution in [2.45, 2.75) is 60.5 Å². The second-order valence-electron chi connectivity index (χ2n) is 4.76. The molecule has 0 saturated heterocycles. The summed E-state index contributed by atoms with van der Waals surface area (Å²) >= 11 is 0. The maximum Gasteiger partial charge on any atom is 0.268 e. The molecule has 0 aliphatic rings. The Hall–Kier alpha value is -1.25. The third-order valence-electron chi connectivity index (χ3n) is 3.22. The smallest absolute Gasteiger partial charge is 0.268 e. The van der Waals surface area contributed by atoms with Crippen molar-refractivity contribution in [2.75, 3.05) is 0 Å². The second kappa shape index (κ2) is 5.39. The Morgan fingerprint density at radius 1 is 1.29 bits per heavy atom. The normalized spacial score (nSPS) is 11.0. The highest BCUT2D eigenvalue weighted by Gasteiger charge is 2.21. The van der Waals surface area contributed by atoms with Crippen molar-refractivity contribution in [3.05, 3.63) is 22.5 Å². The number of hydrogen-bond acceptors (Lipinski definition) is 1. The minimum absolute atomic E-state index is 0.0437. The van der Waals surface area contributed by atoms with Gasteiger partial charge >= 0.3 is 0 Å². The zero-order valence-corrected chi connectivity index (χ0v) is 11.8. The van der Waals surface area contributed by atoms with Crippen molar-refractivity contribution in [1.29, 1.82) is 0 Å². The van der Waals surface area contributed by atoms with Crippen LogP contribution in [-0.2, 0) is 13.0 Å². The number of rotatable bonds is 4. The summed E-state index contributed by atoms with van der Waals surface area (Å²) in [5.41, 5.74) is 4.49. The molecule has 0 bridgehead atoms. The van der Waals surface area contributed by atoms with Crippen molar-refractivity contribution in [3.8, 4) is 0 Å². The summed E-state index contributed by atoms with van der Waals surface area (Å²) in [7, 11) is 0. The summed E-state index contributed by atoms with van der Waals surface area (Å²) < 4.78 is 2.12. The highest BCUT2D eigenvalue weighted by molar-refractivity contribution is 5.95. The van der Waals surface area contributed by atoms with Gasteiger partial charge in [-0.15, -0.1) is 0 Å². The number of aromatic nitrogens is 1. The summed E-state index contributed by atoms with van der Waals surface area (Å²) in [5, 5.41) is 2.98. The van der Waals surface area contributed by atoms with E-state index in [1.807, 2.05) is 20.8 Å². The van der Waals surface area contributed by atoms with Gasteiger partial charge in [0, 0.05) is 18.3 Å². The first-order valence-electron chi connectivity index (χ1n) is 6.43. The van der Waals surface area contributed by atoms with Gasteiger partial charge in [-0.05, 0) is 52.2 Å². The summed E-state index contributed by atoms with van der Waals surface area (Å²) in [5.74, 6) is 0.0437. The second-order valence-corrected chi connectivity index (χ2v) is 4.76. The zero-order chi connectivity index (χ0) is 13.2. The minimum Gasteiger partial charge on any atom is -0.349 e. The molecule has 0 aliphatic carbocycles. The van der Waals surface area contributed by atoms with E-state index in [4.69, 9.17) is 0 Å². The van der Waals surface area contributed by atoms with Crippen LogP contribution in [0.15, 0.2) is 0 Å². The van der Waals surface area contributed by atoms with Gasteiger partial charge in [-0.3, -0.25) is 4.79 Å². The number of amides is 1. The van der Waals surface area contributed by atoms with Gasteiger partial charge in [0.1, 0.15) is 5.69 Å². The van der Waals surface area contributed by atoms with Crippen molar-refractivity contribution in [1.82, 2.24) is 9.88 Å². The number of carbonyl (C=O) groups excluding carboxylic acids is 1. The molecule has 96 valence electrons. The molecule has 1 aromatic heterocycles. The summed E-state index contributed by atoms with van der Waals surface area (Å²) in [6.45, 7) is 13.2. The van der Waals surface area contributed by atoms with E-state index in [1.165, 1.54) is 11.3 Å². The van der Waals surface area contributed by atoms with Crippen LogP contribution in [0.2, 0.25) is 0 Å². The molecule has 0 spiro atoms. The number of nitrogens with one attached hydrogen (secondary N) is 1. The van der Waals surface area contributed by atoms with E-state index in [-0.39, 0.29) is 11.9 Å². The summed E-state index contributed by atoms with van der Waals surface area (Å²) in [6.07, 6.45) is 0.979. The quantitative estimate of drug-likeness (QED) is 0.857. The van der Waals surface area contributed by atoms with Crippen LogP contribution in [0.25, 0.3) is 0 Å². The predicted molar refractivity (Wildman–Crippen MR) is 71.6 cm³/mol. The molecule has 1 N–H and O–H groups in total. The maximum absolute atomic E-state index is 12.2. The van der Waals surface area contributed by atoms with Crippen LogP contribution >= 0.6 is 0 Å². The Bertz CT molecular complexity index is 416. The lowest BCUT2D eigenvalue weighted by Gasteiger charge is -2.12. The lowest BCUT2D eigenvalue weighted by Crippen LogP contribution is -2.32. The molecule has 0 aliphatic heterocycles. The fourth-order valence-electron chi connectivity index (χ4n) is 2.49. The Morgan fingerprint density at radius 2 is 1.88 bits per heavy atom. The predicted octanol–water partition coefficient (Wildman–Crippen LogP) is 2.83. The maximum atomic E-state index is 12.2. The Morgan fingerprint density at radius 3 is 2.29 bits per heavy atom. The third kappa shape index (κ3) is 2.54. The van der Waals surface area contributed by atoms with Gasteiger partial charge in [-0.25, -0.2) is 0 Å². The van der Waals surface area contributed by atoms with Crippen molar-refractivity contribution in [3.63, 3.8) is 0 Å². The van der Waals surface area contributed by atoms with Crippen LogP contribution in [0.3, 0.4) is 0 Å². The molecule has 0 saturated carbocycles. The SMILES string of the molecule is CCc1c(C)c(C(=O)NC(C)C)n(CC)c1C. The third-order valence-corrected chi connectivity index (χ3v) is 3.22. The van der Waals surface area contributed by atoms with E-state index in [0.29, 0.717) is 0 Å². The van der Waals surface area contributed by atoms with Crippen molar-refractivity contribution in [2.24, 2.45) is 0 Å². The molecule has 1 aromatic rings. The largest absolute Gasteiger partial charge is 0.349 e. The average molecular weight is 236 g/mol. The highest BCUT2D eigenvalue weighted by Crippen LogP contribution is 2.22. The fraction of sp³-hybridized carbons (Fsp3) is 0.643. The van der Waals surface area contributed by atoms with E-state index in [0.717, 1.165) is 24.2 Å². The molecular weight excluding hydrogens is 212 g/mol. The average Bonchev–Trinajstić information content (AvgIpc) is 2.48. The first-order valence-corrected chi connectivity index (χ1v) is 6.43. The minimum atomic E-state index is 0.0437. The van der Waals surface area contributed by atoms with Crippen molar-refractivity contribution < 1.29 is 4.79 Å². The van der Waals surface area contributed by atoms with Gasteiger partial charge in [0.2, 0.25) is 0 Å². The molecule has 1 heterocycles. The molecule has 0 fully saturated rings. The number of nitrogens with zero attached hydrogens (tertiary/aromatic N) is 1. The number of carbonyl (C=O) groups is 1. The lowest BCUT2D eigenvalue weighted by molar-refractivity contribution is 0.0933. The van der Waals surface area contributed by atoms with Gasteiger partial charge < -0.3 is 9.88 Å². The Balaban J connectivity index is 3.27. The molecule has 3 heteroatoms. The Labute approximate surface area is 104 Å². The molecule has 0 atom stereocenters. The van der Waals surface area contributed by atoms with E-state index < -0.39 is 0 Å². The van der Waals surface area contributed by atoms with E-state index in [1.54, 1.807) is 0 Å². The molecular formula is C14H24N2O. The molecule has 3 nitrogen and oxygen atoms in total. The number of hydrogen-bond donors (Lipinski definition) is 1. The highest BCUT2D eigenvalue weighted by atomic mass is 16.2. The first kappa shape index (κ1) is 13.8. The van der Waals surface area contributed by atoms with Gasteiger partial charge in [-0.2, -0.15) is 0 Å². The van der Waals surface area contributed by atoms with Crippen LogP contribution in [0.5, 0.6) is 0 Å². The van der Waals surface area contributed by atoms with Crippen LogP contribution in [0, 0.1) is 13.8 Å². The van der Waals surface area contributed by atoms with Gasteiger partial charge in [0.15, 0.2) is 0 Å².